The fraction of sp³-hybridized carbons (Fsp3) is 0.471. The molecule has 4 heteroatoms. The molecule has 1 fully saturated rings. The van der Waals surface area contributed by atoms with Crippen LogP contribution in [0.15, 0.2) is 30.6 Å². The molecule has 2 heterocycles. The molecule has 1 aliphatic carbocycles. The van der Waals surface area contributed by atoms with Crippen molar-refractivity contribution in [1.82, 2.24) is 15.0 Å². The summed E-state index contributed by atoms with van der Waals surface area (Å²) in [5, 5.41) is 3.38. The van der Waals surface area contributed by atoms with Crippen LogP contribution in [0.5, 0.6) is 0 Å². The van der Waals surface area contributed by atoms with Crippen molar-refractivity contribution in [2.24, 2.45) is 0 Å². The van der Waals surface area contributed by atoms with Crippen molar-refractivity contribution in [1.29, 1.82) is 0 Å². The highest BCUT2D eigenvalue weighted by Crippen LogP contribution is 2.33. The average Bonchev–Trinajstić information content (AvgIpc) is 3.02. The zero-order valence-electron chi connectivity index (χ0n) is 12.7. The van der Waals surface area contributed by atoms with E-state index in [0.29, 0.717) is 11.9 Å². The van der Waals surface area contributed by atoms with Crippen LogP contribution in [0.4, 0.5) is 5.95 Å². The SMILES string of the molecule is Cc1cccnc1[C@@H](C)Nc1nccc(C2CCCC2)n1. The summed E-state index contributed by atoms with van der Waals surface area (Å²) in [4.78, 5) is 13.5. The molecule has 2 aromatic rings. The minimum Gasteiger partial charge on any atom is -0.346 e. The van der Waals surface area contributed by atoms with Gasteiger partial charge in [-0.25, -0.2) is 9.97 Å². The van der Waals surface area contributed by atoms with Gasteiger partial charge in [-0.3, -0.25) is 4.98 Å². The second-order valence-electron chi connectivity index (χ2n) is 5.86. The van der Waals surface area contributed by atoms with Gasteiger partial charge in [0, 0.05) is 24.0 Å². The molecule has 1 saturated carbocycles. The standard InChI is InChI=1S/C17H22N4/c1-12-6-5-10-18-16(12)13(2)20-17-19-11-9-15(21-17)14-7-3-4-8-14/h5-6,9-11,13-14H,3-4,7-8H2,1-2H3,(H,19,20,21)/t13-/m1/s1. The molecule has 0 amide bonds. The van der Waals surface area contributed by atoms with Gasteiger partial charge >= 0.3 is 0 Å². The molecule has 4 nitrogen and oxygen atoms in total. The van der Waals surface area contributed by atoms with Gasteiger partial charge in [-0.1, -0.05) is 18.9 Å². The second-order valence-corrected chi connectivity index (χ2v) is 5.86. The molecule has 1 aliphatic rings. The summed E-state index contributed by atoms with van der Waals surface area (Å²) in [6, 6.07) is 6.20. The monoisotopic (exact) mass is 282 g/mol. The molecule has 1 N–H and O–H groups in total. The second kappa shape index (κ2) is 6.20. The van der Waals surface area contributed by atoms with E-state index in [0.717, 1.165) is 5.69 Å². The predicted molar refractivity (Wildman–Crippen MR) is 84.3 cm³/mol. The van der Waals surface area contributed by atoms with E-state index in [1.807, 2.05) is 18.5 Å². The summed E-state index contributed by atoms with van der Waals surface area (Å²) in [5.41, 5.74) is 3.41. The Bertz CT molecular complexity index is 605. The number of hydrogen-bond acceptors (Lipinski definition) is 4. The maximum atomic E-state index is 4.70. The van der Waals surface area contributed by atoms with Crippen LogP contribution in [0.2, 0.25) is 0 Å². The van der Waals surface area contributed by atoms with Gasteiger partial charge in [0.25, 0.3) is 0 Å². The first-order valence-corrected chi connectivity index (χ1v) is 7.75. The highest BCUT2D eigenvalue weighted by Gasteiger charge is 2.19. The van der Waals surface area contributed by atoms with Gasteiger partial charge in [-0.2, -0.15) is 0 Å². The molecule has 0 spiro atoms. The van der Waals surface area contributed by atoms with E-state index in [1.165, 1.54) is 36.9 Å². The van der Waals surface area contributed by atoms with E-state index in [2.05, 4.69) is 41.3 Å². The lowest BCUT2D eigenvalue weighted by molar-refractivity contribution is 0.692. The molecule has 2 aromatic heterocycles. The lowest BCUT2D eigenvalue weighted by Crippen LogP contribution is -2.13. The number of hydrogen-bond donors (Lipinski definition) is 1. The highest BCUT2D eigenvalue weighted by molar-refractivity contribution is 5.32. The predicted octanol–water partition coefficient (Wildman–Crippen LogP) is 4.01. The number of nitrogens with zero attached hydrogens (tertiary/aromatic N) is 3. The van der Waals surface area contributed by atoms with Gasteiger partial charge in [0.2, 0.25) is 5.95 Å². The number of rotatable bonds is 4. The third-order valence-electron chi connectivity index (χ3n) is 4.26. The van der Waals surface area contributed by atoms with Gasteiger partial charge in [0.15, 0.2) is 0 Å². The van der Waals surface area contributed by atoms with Crippen molar-refractivity contribution >= 4 is 5.95 Å². The molecule has 0 bridgehead atoms. The fourth-order valence-corrected chi connectivity index (χ4v) is 3.10. The third-order valence-corrected chi connectivity index (χ3v) is 4.26. The number of anilines is 1. The van der Waals surface area contributed by atoms with Gasteiger partial charge in [-0.05, 0) is 44.4 Å². The molecule has 0 unspecified atom stereocenters. The van der Waals surface area contributed by atoms with Crippen LogP contribution in [0.3, 0.4) is 0 Å². The van der Waals surface area contributed by atoms with Crippen molar-refractivity contribution in [2.45, 2.75) is 51.5 Å². The van der Waals surface area contributed by atoms with Crippen LogP contribution >= 0.6 is 0 Å². The normalized spacial score (nSPS) is 16.9. The van der Waals surface area contributed by atoms with E-state index >= 15 is 0 Å². The van der Waals surface area contributed by atoms with Crippen molar-refractivity contribution < 1.29 is 0 Å². The average molecular weight is 282 g/mol. The van der Waals surface area contributed by atoms with Crippen LogP contribution in [0.1, 0.15) is 61.5 Å². The van der Waals surface area contributed by atoms with Crippen molar-refractivity contribution in [3.63, 3.8) is 0 Å². The van der Waals surface area contributed by atoms with Crippen LogP contribution in [-0.4, -0.2) is 15.0 Å². The molecular formula is C17H22N4. The zero-order chi connectivity index (χ0) is 14.7. The van der Waals surface area contributed by atoms with Crippen LogP contribution in [0, 0.1) is 6.92 Å². The fourth-order valence-electron chi connectivity index (χ4n) is 3.10. The minimum atomic E-state index is 0.102. The minimum absolute atomic E-state index is 0.102. The van der Waals surface area contributed by atoms with E-state index in [4.69, 9.17) is 4.98 Å². The molecule has 0 radical (unpaired) electrons. The molecule has 1 atom stereocenters. The van der Waals surface area contributed by atoms with Gasteiger partial charge in [0.1, 0.15) is 0 Å². The van der Waals surface area contributed by atoms with Gasteiger partial charge in [-0.15, -0.1) is 0 Å². The quantitative estimate of drug-likeness (QED) is 0.920. The summed E-state index contributed by atoms with van der Waals surface area (Å²) >= 11 is 0. The highest BCUT2D eigenvalue weighted by atomic mass is 15.1. The van der Waals surface area contributed by atoms with Crippen LogP contribution in [-0.2, 0) is 0 Å². The molecule has 0 aliphatic heterocycles. The Kier molecular flexibility index (Phi) is 4.13. The molecule has 0 saturated heterocycles. The Balaban J connectivity index is 1.75. The van der Waals surface area contributed by atoms with E-state index in [-0.39, 0.29) is 6.04 Å². The smallest absolute Gasteiger partial charge is 0.223 e. The molecule has 3 rings (SSSR count). The number of nitrogens with one attached hydrogen (secondary N) is 1. The largest absolute Gasteiger partial charge is 0.346 e. The topological polar surface area (TPSA) is 50.7 Å². The first-order valence-electron chi connectivity index (χ1n) is 7.75. The summed E-state index contributed by atoms with van der Waals surface area (Å²) < 4.78 is 0. The van der Waals surface area contributed by atoms with Crippen LogP contribution < -0.4 is 5.32 Å². The maximum absolute atomic E-state index is 4.70. The molecule has 0 aromatic carbocycles. The van der Waals surface area contributed by atoms with Crippen LogP contribution in [0.25, 0.3) is 0 Å². The van der Waals surface area contributed by atoms with Crippen molar-refractivity contribution in [2.75, 3.05) is 5.32 Å². The lowest BCUT2D eigenvalue weighted by Gasteiger charge is -2.16. The Morgan fingerprint density at radius 2 is 1.95 bits per heavy atom. The van der Waals surface area contributed by atoms with E-state index in [1.54, 1.807) is 0 Å². The molecular weight excluding hydrogens is 260 g/mol. The summed E-state index contributed by atoms with van der Waals surface area (Å²) in [6.45, 7) is 4.18. The number of pyridine rings is 1. The maximum Gasteiger partial charge on any atom is 0.223 e. The van der Waals surface area contributed by atoms with Gasteiger partial charge < -0.3 is 5.32 Å². The Morgan fingerprint density at radius 1 is 1.14 bits per heavy atom. The summed E-state index contributed by atoms with van der Waals surface area (Å²) in [7, 11) is 0. The van der Waals surface area contributed by atoms with E-state index in [9.17, 15) is 0 Å². The Labute approximate surface area is 126 Å². The van der Waals surface area contributed by atoms with Gasteiger partial charge in [0.05, 0.1) is 11.7 Å². The molecule has 21 heavy (non-hydrogen) atoms. The Morgan fingerprint density at radius 3 is 2.71 bits per heavy atom. The number of aromatic nitrogens is 3. The first kappa shape index (κ1) is 14.0. The Hall–Kier alpha value is -1.97. The number of aryl methyl sites for hydroxylation is 1. The lowest BCUT2D eigenvalue weighted by atomic mass is 10.0. The third kappa shape index (κ3) is 3.20. The first-order chi connectivity index (χ1) is 10.2. The molecule has 110 valence electrons. The summed E-state index contributed by atoms with van der Waals surface area (Å²) in [6.07, 6.45) is 8.84. The summed E-state index contributed by atoms with van der Waals surface area (Å²) in [5.74, 6) is 1.32. The zero-order valence-corrected chi connectivity index (χ0v) is 12.7. The van der Waals surface area contributed by atoms with E-state index < -0.39 is 0 Å². The van der Waals surface area contributed by atoms with Crippen molar-refractivity contribution in [3.8, 4) is 0 Å². The van der Waals surface area contributed by atoms with Crippen molar-refractivity contribution in [3.05, 3.63) is 47.5 Å².